The lowest BCUT2D eigenvalue weighted by Gasteiger charge is -2.17. The van der Waals surface area contributed by atoms with Gasteiger partial charge in [-0.25, -0.2) is 4.79 Å². The molecule has 204 valence electrons. The summed E-state index contributed by atoms with van der Waals surface area (Å²) in [7, 11) is 2.99. The number of carbonyl (C=O) groups is 1. The standard InChI is InChI=1S/C30H32ClN3O5/c1-19(2)12-13-32-28(35)22-10-8-20(9-11-22)17-34-29(36)24-15-26(38-3)27(39-4)16-25(24)33(30(34)37)18-21-6-5-7-23(31)14-21/h5-11,14-16,19H,12-13,17-18H2,1-4H3,(H,32,35). The summed E-state index contributed by atoms with van der Waals surface area (Å²) in [5, 5.41) is 3.78. The van der Waals surface area contributed by atoms with Gasteiger partial charge in [-0.1, -0.05) is 49.7 Å². The lowest BCUT2D eigenvalue weighted by atomic mass is 10.1. The highest BCUT2D eigenvalue weighted by atomic mass is 35.5. The number of carbonyl (C=O) groups excluding carboxylic acids is 1. The Kier molecular flexibility index (Phi) is 8.76. The van der Waals surface area contributed by atoms with Crippen LogP contribution in [-0.4, -0.2) is 35.8 Å². The Morgan fingerprint density at radius 1 is 0.897 bits per heavy atom. The summed E-state index contributed by atoms with van der Waals surface area (Å²) in [6, 6.07) is 17.3. The molecule has 0 saturated heterocycles. The highest BCUT2D eigenvalue weighted by Crippen LogP contribution is 2.30. The summed E-state index contributed by atoms with van der Waals surface area (Å²) in [6.45, 7) is 5.04. The van der Waals surface area contributed by atoms with Crippen LogP contribution in [0.15, 0.2) is 70.3 Å². The molecule has 8 nitrogen and oxygen atoms in total. The van der Waals surface area contributed by atoms with Gasteiger partial charge < -0.3 is 14.8 Å². The second kappa shape index (κ2) is 12.2. The molecule has 0 aliphatic heterocycles. The van der Waals surface area contributed by atoms with Crippen LogP contribution in [0, 0.1) is 5.92 Å². The van der Waals surface area contributed by atoms with Gasteiger partial charge in [0.1, 0.15) is 0 Å². The number of methoxy groups -OCH3 is 2. The van der Waals surface area contributed by atoms with Crippen molar-refractivity contribution in [1.82, 2.24) is 14.5 Å². The van der Waals surface area contributed by atoms with Gasteiger partial charge in [0.25, 0.3) is 11.5 Å². The number of hydrogen-bond donors (Lipinski definition) is 1. The van der Waals surface area contributed by atoms with Crippen molar-refractivity contribution in [3.05, 3.63) is 103 Å². The fraction of sp³-hybridized carbons (Fsp3) is 0.300. The van der Waals surface area contributed by atoms with E-state index in [9.17, 15) is 14.4 Å². The molecule has 0 radical (unpaired) electrons. The van der Waals surface area contributed by atoms with Gasteiger partial charge in [0, 0.05) is 23.2 Å². The van der Waals surface area contributed by atoms with Crippen LogP contribution in [0.2, 0.25) is 5.02 Å². The maximum atomic E-state index is 13.8. The highest BCUT2D eigenvalue weighted by molar-refractivity contribution is 6.30. The smallest absolute Gasteiger partial charge is 0.332 e. The zero-order valence-corrected chi connectivity index (χ0v) is 23.2. The third-order valence-corrected chi connectivity index (χ3v) is 6.76. The van der Waals surface area contributed by atoms with E-state index in [2.05, 4.69) is 19.2 Å². The van der Waals surface area contributed by atoms with E-state index in [1.807, 2.05) is 12.1 Å². The van der Waals surface area contributed by atoms with Crippen LogP contribution in [0.1, 0.15) is 41.8 Å². The van der Waals surface area contributed by atoms with Gasteiger partial charge in [-0.15, -0.1) is 0 Å². The number of hydrogen-bond acceptors (Lipinski definition) is 5. The normalized spacial score (nSPS) is 11.1. The number of aromatic nitrogens is 2. The zero-order chi connectivity index (χ0) is 28.1. The molecule has 1 aromatic heterocycles. The predicted molar refractivity (Wildman–Crippen MR) is 153 cm³/mol. The van der Waals surface area contributed by atoms with Crippen molar-refractivity contribution < 1.29 is 14.3 Å². The third kappa shape index (κ3) is 6.34. The highest BCUT2D eigenvalue weighted by Gasteiger charge is 2.18. The van der Waals surface area contributed by atoms with Crippen molar-refractivity contribution >= 4 is 28.4 Å². The molecule has 0 atom stereocenters. The molecule has 0 bridgehead atoms. The van der Waals surface area contributed by atoms with Crippen LogP contribution in [0.4, 0.5) is 0 Å². The summed E-state index contributed by atoms with van der Waals surface area (Å²) < 4.78 is 13.6. The summed E-state index contributed by atoms with van der Waals surface area (Å²) in [6.07, 6.45) is 0.896. The van der Waals surface area contributed by atoms with E-state index in [0.717, 1.165) is 12.0 Å². The average Bonchev–Trinajstić information content (AvgIpc) is 2.92. The first kappa shape index (κ1) is 28.0. The minimum Gasteiger partial charge on any atom is -0.493 e. The minimum absolute atomic E-state index is 0.0345. The maximum Gasteiger partial charge on any atom is 0.332 e. The van der Waals surface area contributed by atoms with E-state index in [4.69, 9.17) is 21.1 Å². The Morgan fingerprint density at radius 3 is 2.21 bits per heavy atom. The molecule has 1 N–H and O–H groups in total. The van der Waals surface area contributed by atoms with Crippen molar-refractivity contribution in [2.24, 2.45) is 5.92 Å². The van der Waals surface area contributed by atoms with E-state index in [1.165, 1.54) is 23.4 Å². The van der Waals surface area contributed by atoms with Crippen molar-refractivity contribution in [3.63, 3.8) is 0 Å². The number of halogens is 1. The fourth-order valence-electron chi connectivity index (χ4n) is 4.37. The SMILES string of the molecule is COc1cc2c(=O)n(Cc3ccc(C(=O)NCCC(C)C)cc3)c(=O)n(Cc3cccc(Cl)c3)c2cc1OC. The molecule has 3 aromatic carbocycles. The Balaban J connectivity index is 1.75. The first-order valence-electron chi connectivity index (χ1n) is 12.7. The predicted octanol–water partition coefficient (Wildman–Crippen LogP) is 4.71. The van der Waals surface area contributed by atoms with E-state index in [-0.39, 0.29) is 19.0 Å². The van der Waals surface area contributed by atoms with Gasteiger partial charge in [0.05, 0.1) is 38.2 Å². The van der Waals surface area contributed by atoms with Crippen LogP contribution in [-0.2, 0) is 13.1 Å². The molecule has 0 saturated carbocycles. The van der Waals surface area contributed by atoms with E-state index in [0.29, 0.717) is 51.0 Å². The second-order valence-corrected chi connectivity index (χ2v) is 10.2. The van der Waals surface area contributed by atoms with E-state index < -0.39 is 11.2 Å². The maximum absolute atomic E-state index is 13.8. The molecule has 1 amide bonds. The van der Waals surface area contributed by atoms with Crippen LogP contribution < -0.4 is 26.0 Å². The largest absolute Gasteiger partial charge is 0.493 e. The quantitative estimate of drug-likeness (QED) is 0.309. The Morgan fingerprint density at radius 2 is 1.56 bits per heavy atom. The summed E-state index contributed by atoms with van der Waals surface area (Å²) >= 11 is 6.19. The summed E-state index contributed by atoms with van der Waals surface area (Å²) in [5.74, 6) is 1.13. The lowest BCUT2D eigenvalue weighted by Crippen LogP contribution is -2.40. The number of nitrogens with zero attached hydrogens (tertiary/aromatic N) is 2. The first-order valence-corrected chi connectivity index (χ1v) is 13.1. The van der Waals surface area contributed by atoms with Gasteiger partial charge >= 0.3 is 5.69 Å². The number of fused-ring (bicyclic) bond motifs is 1. The van der Waals surface area contributed by atoms with Crippen molar-refractivity contribution in [3.8, 4) is 11.5 Å². The molecule has 0 aliphatic rings. The Labute approximate surface area is 231 Å². The van der Waals surface area contributed by atoms with Crippen LogP contribution in [0.5, 0.6) is 11.5 Å². The van der Waals surface area contributed by atoms with Gasteiger partial charge in [-0.05, 0) is 53.8 Å². The second-order valence-electron chi connectivity index (χ2n) is 9.75. The lowest BCUT2D eigenvalue weighted by molar-refractivity contribution is 0.0952. The van der Waals surface area contributed by atoms with Gasteiger partial charge in [0.2, 0.25) is 0 Å². The summed E-state index contributed by atoms with van der Waals surface area (Å²) in [5.41, 5.74) is 1.53. The average molecular weight is 550 g/mol. The van der Waals surface area contributed by atoms with Gasteiger partial charge in [0.15, 0.2) is 11.5 Å². The summed E-state index contributed by atoms with van der Waals surface area (Å²) in [4.78, 5) is 39.8. The number of nitrogens with one attached hydrogen (secondary N) is 1. The minimum atomic E-state index is -0.477. The van der Waals surface area contributed by atoms with Crippen molar-refractivity contribution in [2.75, 3.05) is 20.8 Å². The molecule has 1 heterocycles. The number of amides is 1. The Hall–Kier alpha value is -4.04. The molecule has 0 spiro atoms. The van der Waals surface area contributed by atoms with Crippen LogP contribution in [0.3, 0.4) is 0 Å². The van der Waals surface area contributed by atoms with Crippen molar-refractivity contribution in [2.45, 2.75) is 33.4 Å². The third-order valence-electron chi connectivity index (χ3n) is 6.52. The molecule has 0 aliphatic carbocycles. The molecule has 9 heteroatoms. The number of benzene rings is 3. The zero-order valence-electron chi connectivity index (χ0n) is 22.5. The molecule has 4 aromatic rings. The fourth-order valence-corrected chi connectivity index (χ4v) is 4.59. The van der Waals surface area contributed by atoms with E-state index in [1.54, 1.807) is 48.5 Å². The van der Waals surface area contributed by atoms with Gasteiger partial charge in [-0.2, -0.15) is 0 Å². The Bertz CT molecular complexity index is 1610. The van der Waals surface area contributed by atoms with Crippen LogP contribution >= 0.6 is 11.6 Å². The molecule has 0 fully saturated rings. The monoisotopic (exact) mass is 549 g/mol. The number of ether oxygens (including phenoxy) is 2. The molecule has 4 rings (SSSR count). The molecule has 39 heavy (non-hydrogen) atoms. The van der Waals surface area contributed by atoms with Gasteiger partial charge in [-0.3, -0.25) is 18.7 Å². The number of rotatable bonds is 10. The van der Waals surface area contributed by atoms with E-state index >= 15 is 0 Å². The topological polar surface area (TPSA) is 91.6 Å². The van der Waals surface area contributed by atoms with Crippen LogP contribution in [0.25, 0.3) is 10.9 Å². The molecular weight excluding hydrogens is 518 g/mol. The first-order chi connectivity index (χ1) is 18.7. The van der Waals surface area contributed by atoms with Crippen molar-refractivity contribution in [1.29, 1.82) is 0 Å². The molecular formula is C30H32ClN3O5. The molecule has 0 unspecified atom stereocenters.